The van der Waals surface area contributed by atoms with Crippen LogP contribution in [0.2, 0.25) is 0 Å². The van der Waals surface area contributed by atoms with Gasteiger partial charge in [0.1, 0.15) is 12.4 Å². The molecular formula is C13H15N5O2. The predicted octanol–water partition coefficient (Wildman–Crippen LogP) is 0.100. The lowest BCUT2D eigenvalue weighted by Crippen LogP contribution is -2.29. The highest BCUT2D eigenvalue weighted by atomic mass is 16.5. The average Bonchev–Trinajstić information content (AvgIpc) is 3.07. The van der Waals surface area contributed by atoms with Crippen molar-refractivity contribution in [2.75, 3.05) is 13.2 Å². The molecule has 1 aliphatic heterocycles. The zero-order valence-electron chi connectivity index (χ0n) is 10.8. The number of nitrogens with zero attached hydrogens (tertiary/aromatic N) is 3. The quantitative estimate of drug-likeness (QED) is 0.823. The third-order valence-corrected chi connectivity index (χ3v) is 3.13. The molecule has 0 radical (unpaired) electrons. The fourth-order valence-corrected chi connectivity index (χ4v) is 2.16. The lowest BCUT2D eigenvalue weighted by Gasteiger charge is -2.09. The summed E-state index contributed by atoms with van der Waals surface area (Å²) in [5.74, 6) is 0.545. The van der Waals surface area contributed by atoms with Gasteiger partial charge in [-0.15, -0.1) is 5.10 Å². The van der Waals surface area contributed by atoms with Crippen molar-refractivity contribution in [3.63, 3.8) is 0 Å². The lowest BCUT2D eigenvalue weighted by atomic mass is 10.1. The highest BCUT2D eigenvalue weighted by Gasteiger charge is 2.26. The first-order chi connectivity index (χ1) is 9.78. The average molecular weight is 273 g/mol. The summed E-state index contributed by atoms with van der Waals surface area (Å²) in [5.41, 5.74) is 6.69. The number of carbonyl (C=O) groups is 1. The van der Waals surface area contributed by atoms with Crippen LogP contribution < -0.4 is 15.8 Å². The zero-order chi connectivity index (χ0) is 13.9. The molecule has 1 unspecified atom stereocenters. The summed E-state index contributed by atoms with van der Waals surface area (Å²) in [5, 5.41) is 10.6. The van der Waals surface area contributed by atoms with Crippen molar-refractivity contribution in [3.05, 3.63) is 41.7 Å². The molecule has 2 heterocycles. The van der Waals surface area contributed by atoms with Gasteiger partial charge < -0.3 is 15.8 Å². The number of nitrogens with one attached hydrogen (secondary N) is 1. The monoisotopic (exact) mass is 273 g/mol. The van der Waals surface area contributed by atoms with E-state index in [2.05, 4.69) is 15.6 Å². The van der Waals surface area contributed by atoms with Crippen LogP contribution in [-0.4, -0.2) is 34.1 Å². The molecule has 0 bridgehead atoms. The summed E-state index contributed by atoms with van der Waals surface area (Å²) in [4.78, 5) is 12.1. The van der Waals surface area contributed by atoms with Crippen molar-refractivity contribution in [2.45, 2.75) is 12.6 Å². The van der Waals surface area contributed by atoms with Gasteiger partial charge in [-0.2, -0.15) is 0 Å². The van der Waals surface area contributed by atoms with Crippen molar-refractivity contribution in [1.82, 2.24) is 20.3 Å². The van der Waals surface area contributed by atoms with E-state index in [1.54, 1.807) is 10.9 Å². The van der Waals surface area contributed by atoms with E-state index in [4.69, 9.17) is 10.5 Å². The van der Waals surface area contributed by atoms with Gasteiger partial charge in [0, 0.05) is 12.1 Å². The van der Waals surface area contributed by atoms with Crippen LogP contribution in [0.1, 0.15) is 22.1 Å². The van der Waals surface area contributed by atoms with Crippen LogP contribution in [-0.2, 0) is 6.54 Å². The number of benzene rings is 1. The number of amides is 1. The summed E-state index contributed by atoms with van der Waals surface area (Å²) in [7, 11) is 0. The number of hydrogen-bond acceptors (Lipinski definition) is 5. The Balaban J connectivity index is 1.70. The summed E-state index contributed by atoms with van der Waals surface area (Å²) in [6.45, 7) is 1.42. The topological polar surface area (TPSA) is 95.1 Å². The molecule has 0 aliphatic carbocycles. The van der Waals surface area contributed by atoms with E-state index in [1.807, 2.05) is 24.3 Å². The van der Waals surface area contributed by atoms with Crippen molar-refractivity contribution in [1.29, 1.82) is 0 Å². The van der Waals surface area contributed by atoms with Crippen LogP contribution in [0, 0.1) is 0 Å². The van der Waals surface area contributed by atoms with Crippen LogP contribution in [0.15, 0.2) is 30.5 Å². The van der Waals surface area contributed by atoms with E-state index in [9.17, 15) is 4.79 Å². The number of ether oxygens (including phenoxy) is 1. The van der Waals surface area contributed by atoms with Crippen LogP contribution in [0.3, 0.4) is 0 Å². The molecule has 0 fully saturated rings. The SMILES string of the molecule is NCCn1cc(C(=O)NC2COc3ccccc32)nn1. The number of para-hydroxylation sites is 1. The van der Waals surface area contributed by atoms with E-state index in [0.717, 1.165) is 11.3 Å². The van der Waals surface area contributed by atoms with E-state index in [1.165, 1.54) is 0 Å². The number of aromatic nitrogens is 3. The minimum absolute atomic E-state index is 0.154. The maximum Gasteiger partial charge on any atom is 0.274 e. The van der Waals surface area contributed by atoms with E-state index in [0.29, 0.717) is 19.7 Å². The fraction of sp³-hybridized carbons (Fsp3) is 0.308. The van der Waals surface area contributed by atoms with Crippen molar-refractivity contribution >= 4 is 5.91 Å². The molecule has 3 rings (SSSR count). The van der Waals surface area contributed by atoms with Crippen LogP contribution in [0.5, 0.6) is 5.75 Å². The maximum absolute atomic E-state index is 12.1. The van der Waals surface area contributed by atoms with Gasteiger partial charge in [0.15, 0.2) is 5.69 Å². The van der Waals surface area contributed by atoms with Gasteiger partial charge in [0.2, 0.25) is 0 Å². The number of carbonyl (C=O) groups excluding carboxylic acids is 1. The molecule has 1 atom stereocenters. The second kappa shape index (κ2) is 5.30. The molecule has 1 amide bonds. The second-order valence-electron chi connectivity index (χ2n) is 4.53. The minimum atomic E-state index is -0.265. The van der Waals surface area contributed by atoms with Crippen LogP contribution in [0.4, 0.5) is 0 Å². The van der Waals surface area contributed by atoms with Crippen molar-refractivity contribution in [2.24, 2.45) is 5.73 Å². The molecule has 0 spiro atoms. The van der Waals surface area contributed by atoms with Crippen LogP contribution in [0.25, 0.3) is 0 Å². The Kier molecular flexibility index (Phi) is 3.34. The van der Waals surface area contributed by atoms with Gasteiger partial charge in [0.05, 0.1) is 18.8 Å². The molecule has 1 aromatic carbocycles. The van der Waals surface area contributed by atoms with Crippen LogP contribution >= 0.6 is 0 Å². The fourth-order valence-electron chi connectivity index (χ4n) is 2.16. The van der Waals surface area contributed by atoms with Gasteiger partial charge >= 0.3 is 0 Å². The molecule has 7 nitrogen and oxygen atoms in total. The highest BCUT2D eigenvalue weighted by molar-refractivity contribution is 5.92. The Hall–Kier alpha value is -2.41. The summed E-state index contributed by atoms with van der Waals surface area (Å²) in [6, 6.07) is 7.50. The van der Waals surface area contributed by atoms with Gasteiger partial charge in [-0.25, -0.2) is 0 Å². The molecule has 2 aromatic rings. The number of rotatable bonds is 4. The molecule has 3 N–H and O–H groups in total. The third-order valence-electron chi connectivity index (χ3n) is 3.13. The lowest BCUT2D eigenvalue weighted by molar-refractivity contribution is 0.0925. The first-order valence-electron chi connectivity index (χ1n) is 6.40. The summed E-state index contributed by atoms with van der Waals surface area (Å²) in [6.07, 6.45) is 1.59. The normalized spacial score (nSPS) is 16.6. The van der Waals surface area contributed by atoms with E-state index in [-0.39, 0.29) is 17.6 Å². The Morgan fingerprint density at radius 2 is 2.35 bits per heavy atom. The summed E-state index contributed by atoms with van der Waals surface area (Å²) < 4.78 is 7.07. The molecule has 20 heavy (non-hydrogen) atoms. The van der Waals surface area contributed by atoms with E-state index < -0.39 is 0 Å². The number of hydrogen-bond donors (Lipinski definition) is 2. The summed E-state index contributed by atoms with van der Waals surface area (Å²) >= 11 is 0. The van der Waals surface area contributed by atoms with Gasteiger partial charge in [-0.3, -0.25) is 9.48 Å². The molecule has 1 aliphatic rings. The zero-order valence-corrected chi connectivity index (χ0v) is 10.8. The van der Waals surface area contributed by atoms with Crippen molar-refractivity contribution in [3.8, 4) is 5.75 Å². The van der Waals surface area contributed by atoms with Gasteiger partial charge in [-0.05, 0) is 6.07 Å². The van der Waals surface area contributed by atoms with Gasteiger partial charge in [-0.1, -0.05) is 23.4 Å². The minimum Gasteiger partial charge on any atom is -0.491 e. The number of nitrogens with two attached hydrogens (primary N) is 1. The Labute approximate surface area is 115 Å². The molecule has 1 aromatic heterocycles. The first-order valence-corrected chi connectivity index (χ1v) is 6.40. The van der Waals surface area contributed by atoms with Gasteiger partial charge in [0.25, 0.3) is 5.91 Å². The smallest absolute Gasteiger partial charge is 0.274 e. The Bertz CT molecular complexity index is 625. The molecule has 0 saturated heterocycles. The molecular weight excluding hydrogens is 258 g/mol. The Morgan fingerprint density at radius 1 is 1.50 bits per heavy atom. The van der Waals surface area contributed by atoms with E-state index >= 15 is 0 Å². The maximum atomic E-state index is 12.1. The molecule has 104 valence electrons. The highest BCUT2D eigenvalue weighted by Crippen LogP contribution is 2.31. The number of fused-ring (bicyclic) bond motifs is 1. The second-order valence-corrected chi connectivity index (χ2v) is 4.53. The Morgan fingerprint density at radius 3 is 3.20 bits per heavy atom. The third kappa shape index (κ3) is 2.35. The molecule has 0 saturated carbocycles. The molecule has 7 heteroatoms. The predicted molar refractivity (Wildman–Crippen MR) is 71.2 cm³/mol. The standard InChI is InChI=1S/C13H15N5O2/c14-5-6-18-7-10(16-17-18)13(19)15-11-8-20-12-4-2-1-3-9(11)12/h1-4,7,11H,5-6,8,14H2,(H,15,19). The first kappa shape index (κ1) is 12.6. The largest absolute Gasteiger partial charge is 0.491 e. The van der Waals surface area contributed by atoms with Crippen molar-refractivity contribution < 1.29 is 9.53 Å².